The molecule has 1 amide bonds. The van der Waals surface area contributed by atoms with Crippen LogP contribution in [0.1, 0.15) is 27.7 Å². The van der Waals surface area contributed by atoms with E-state index in [1.807, 2.05) is 21.0 Å². The number of hydrogen-bond acceptors (Lipinski definition) is 4. The van der Waals surface area contributed by atoms with E-state index < -0.39 is 11.7 Å². The maximum absolute atomic E-state index is 11.8. The minimum Gasteiger partial charge on any atom is -0.444 e. The lowest BCUT2D eigenvalue weighted by molar-refractivity contribution is -0.115. The molecule has 0 aromatic carbocycles. The van der Waals surface area contributed by atoms with Gasteiger partial charge in [0.25, 0.3) is 0 Å². The van der Waals surface area contributed by atoms with Gasteiger partial charge in [0.2, 0.25) is 0 Å². The summed E-state index contributed by atoms with van der Waals surface area (Å²) in [6.07, 6.45) is 2.65. The third-order valence-electron chi connectivity index (χ3n) is 1.94. The average molecular weight is 256 g/mol. The maximum Gasteiger partial charge on any atom is 0.410 e. The lowest BCUT2D eigenvalue weighted by Crippen LogP contribution is -2.39. The van der Waals surface area contributed by atoms with Crippen LogP contribution in [0.5, 0.6) is 0 Å². The van der Waals surface area contributed by atoms with Gasteiger partial charge in [0, 0.05) is 26.8 Å². The Bertz CT molecular complexity index is 317. The highest BCUT2D eigenvalue weighted by molar-refractivity contribution is 5.93. The molecule has 0 atom stereocenters. The van der Waals surface area contributed by atoms with Crippen molar-refractivity contribution in [2.24, 2.45) is 0 Å². The third kappa shape index (κ3) is 7.70. The molecule has 0 spiro atoms. The van der Waals surface area contributed by atoms with Gasteiger partial charge in [-0.2, -0.15) is 0 Å². The summed E-state index contributed by atoms with van der Waals surface area (Å²) < 4.78 is 5.22. The Kier molecular flexibility index (Phi) is 6.44. The first-order chi connectivity index (χ1) is 8.15. The molecule has 0 aliphatic rings. The van der Waals surface area contributed by atoms with Gasteiger partial charge >= 0.3 is 6.09 Å². The Morgan fingerprint density at radius 2 is 1.78 bits per heavy atom. The summed E-state index contributed by atoms with van der Waals surface area (Å²) >= 11 is 0. The number of hydrogen-bond donors (Lipinski definition) is 0. The van der Waals surface area contributed by atoms with Crippen LogP contribution in [0.25, 0.3) is 0 Å². The van der Waals surface area contributed by atoms with Crippen molar-refractivity contribution >= 4 is 11.9 Å². The van der Waals surface area contributed by atoms with E-state index in [4.69, 9.17) is 4.74 Å². The van der Waals surface area contributed by atoms with Crippen LogP contribution in [-0.4, -0.2) is 54.5 Å². The standard InChI is InChI=1S/C13H24N2O3/c1-7-15(12(17)18-13(2,3)4)10-11(16)8-9-14(5)6/h8-9H,7,10H2,1-6H3. The molecule has 104 valence electrons. The number of ether oxygens (including phenoxy) is 1. The first kappa shape index (κ1) is 16.5. The van der Waals surface area contributed by atoms with Crippen molar-refractivity contribution in [2.45, 2.75) is 33.3 Å². The summed E-state index contributed by atoms with van der Waals surface area (Å²) in [5.41, 5.74) is -0.549. The molecule has 0 aliphatic carbocycles. The van der Waals surface area contributed by atoms with E-state index in [0.717, 1.165) is 0 Å². The second kappa shape index (κ2) is 7.03. The number of carbonyl (C=O) groups is 2. The maximum atomic E-state index is 11.8. The Morgan fingerprint density at radius 3 is 2.17 bits per heavy atom. The zero-order valence-corrected chi connectivity index (χ0v) is 12.2. The summed E-state index contributed by atoms with van der Waals surface area (Å²) in [6.45, 7) is 7.69. The van der Waals surface area contributed by atoms with E-state index in [-0.39, 0.29) is 12.3 Å². The van der Waals surface area contributed by atoms with Crippen molar-refractivity contribution in [3.05, 3.63) is 12.3 Å². The van der Waals surface area contributed by atoms with E-state index in [1.165, 1.54) is 11.0 Å². The van der Waals surface area contributed by atoms with Crippen molar-refractivity contribution in [1.82, 2.24) is 9.80 Å². The van der Waals surface area contributed by atoms with Crippen LogP contribution >= 0.6 is 0 Å². The molecule has 0 aromatic rings. The van der Waals surface area contributed by atoms with Crippen LogP contribution in [0.3, 0.4) is 0 Å². The second-order valence-electron chi connectivity index (χ2n) is 5.24. The number of amides is 1. The van der Waals surface area contributed by atoms with Crippen LogP contribution in [0.4, 0.5) is 4.79 Å². The average Bonchev–Trinajstić information content (AvgIpc) is 2.20. The lowest BCUT2D eigenvalue weighted by atomic mass is 10.2. The summed E-state index contributed by atoms with van der Waals surface area (Å²) in [6, 6.07) is 0. The highest BCUT2D eigenvalue weighted by atomic mass is 16.6. The Morgan fingerprint density at radius 1 is 1.22 bits per heavy atom. The fourth-order valence-corrected chi connectivity index (χ4v) is 1.10. The Hall–Kier alpha value is -1.52. The van der Waals surface area contributed by atoms with Crippen molar-refractivity contribution in [2.75, 3.05) is 27.2 Å². The van der Waals surface area contributed by atoms with Gasteiger partial charge in [-0.05, 0) is 33.8 Å². The van der Waals surface area contributed by atoms with E-state index in [2.05, 4.69) is 0 Å². The van der Waals surface area contributed by atoms with Crippen LogP contribution < -0.4 is 0 Å². The van der Waals surface area contributed by atoms with Crippen LogP contribution in [-0.2, 0) is 9.53 Å². The minimum absolute atomic E-state index is 0.0375. The topological polar surface area (TPSA) is 49.9 Å². The molecule has 18 heavy (non-hydrogen) atoms. The first-order valence-electron chi connectivity index (χ1n) is 6.01. The van der Waals surface area contributed by atoms with Crippen LogP contribution in [0.15, 0.2) is 12.3 Å². The molecule has 0 saturated heterocycles. The zero-order chi connectivity index (χ0) is 14.3. The van der Waals surface area contributed by atoms with Gasteiger partial charge in [-0.3, -0.25) is 4.79 Å². The largest absolute Gasteiger partial charge is 0.444 e. The minimum atomic E-state index is -0.549. The quantitative estimate of drug-likeness (QED) is 0.705. The molecule has 5 nitrogen and oxygen atoms in total. The van der Waals surface area contributed by atoms with Crippen LogP contribution in [0, 0.1) is 0 Å². The van der Waals surface area contributed by atoms with E-state index >= 15 is 0 Å². The van der Waals surface area contributed by atoms with E-state index in [1.54, 1.807) is 31.9 Å². The van der Waals surface area contributed by atoms with Crippen molar-refractivity contribution in [3.63, 3.8) is 0 Å². The molecule has 0 rings (SSSR count). The number of ketones is 1. The predicted octanol–water partition coefficient (Wildman–Crippen LogP) is 1.89. The highest BCUT2D eigenvalue weighted by Gasteiger charge is 2.22. The molecule has 0 unspecified atom stereocenters. The summed E-state index contributed by atoms with van der Waals surface area (Å²) in [4.78, 5) is 26.6. The number of nitrogens with zero attached hydrogens (tertiary/aromatic N) is 2. The molecule has 0 N–H and O–H groups in total. The van der Waals surface area contributed by atoms with Crippen molar-refractivity contribution in [3.8, 4) is 0 Å². The number of carbonyl (C=O) groups excluding carboxylic acids is 2. The normalized spacial score (nSPS) is 11.4. The summed E-state index contributed by atoms with van der Waals surface area (Å²) in [5, 5.41) is 0. The monoisotopic (exact) mass is 256 g/mol. The zero-order valence-electron chi connectivity index (χ0n) is 12.2. The van der Waals surface area contributed by atoms with E-state index in [0.29, 0.717) is 6.54 Å². The summed E-state index contributed by atoms with van der Waals surface area (Å²) in [5.74, 6) is -0.128. The van der Waals surface area contributed by atoms with Crippen molar-refractivity contribution < 1.29 is 14.3 Å². The lowest BCUT2D eigenvalue weighted by Gasteiger charge is -2.25. The molecular weight excluding hydrogens is 232 g/mol. The van der Waals surface area contributed by atoms with E-state index in [9.17, 15) is 9.59 Å². The predicted molar refractivity (Wildman–Crippen MR) is 71.3 cm³/mol. The number of rotatable bonds is 5. The molecule has 0 aliphatic heterocycles. The Balaban J connectivity index is 4.43. The number of likely N-dealkylation sites (N-methyl/N-ethyl adjacent to an activating group) is 1. The van der Waals surface area contributed by atoms with Gasteiger partial charge in [0.1, 0.15) is 5.60 Å². The molecule has 0 saturated carbocycles. The summed E-state index contributed by atoms with van der Waals surface area (Å²) in [7, 11) is 3.66. The van der Waals surface area contributed by atoms with Gasteiger partial charge in [-0.25, -0.2) is 4.79 Å². The fourth-order valence-electron chi connectivity index (χ4n) is 1.10. The smallest absolute Gasteiger partial charge is 0.410 e. The van der Waals surface area contributed by atoms with Gasteiger partial charge in [0.05, 0.1) is 6.54 Å². The van der Waals surface area contributed by atoms with Crippen LogP contribution in [0.2, 0.25) is 0 Å². The van der Waals surface area contributed by atoms with Crippen molar-refractivity contribution in [1.29, 1.82) is 0 Å². The molecule has 0 fully saturated rings. The molecule has 0 bridgehead atoms. The second-order valence-corrected chi connectivity index (χ2v) is 5.24. The molecule has 0 heterocycles. The van der Waals surface area contributed by atoms with Gasteiger partial charge in [-0.15, -0.1) is 0 Å². The highest BCUT2D eigenvalue weighted by Crippen LogP contribution is 2.09. The van der Waals surface area contributed by atoms with Gasteiger partial charge in [0.15, 0.2) is 5.78 Å². The van der Waals surface area contributed by atoms with Gasteiger partial charge in [-0.1, -0.05) is 0 Å². The Labute approximate surface area is 109 Å². The first-order valence-corrected chi connectivity index (χ1v) is 6.01. The SMILES string of the molecule is CCN(CC(=O)C=CN(C)C)C(=O)OC(C)(C)C. The molecule has 0 radical (unpaired) electrons. The molecular formula is C13H24N2O3. The molecule has 5 heteroatoms. The fraction of sp³-hybridized carbons (Fsp3) is 0.692. The van der Waals surface area contributed by atoms with Gasteiger partial charge < -0.3 is 14.5 Å². The third-order valence-corrected chi connectivity index (χ3v) is 1.94. The molecule has 0 aromatic heterocycles.